The van der Waals surface area contributed by atoms with E-state index in [1.165, 1.54) is 0 Å². The Kier molecular flexibility index (Phi) is 3.78. The van der Waals surface area contributed by atoms with Crippen molar-refractivity contribution in [2.24, 2.45) is 0 Å². The first kappa shape index (κ1) is 17.0. The van der Waals surface area contributed by atoms with Gasteiger partial charge in [0.25, 0.3) is 5.91 Å². The molecular formula is C20H17ClN6O. The van der Waals surface area contributed by atoms with Gasteiger partial charge in [-0.1, -0.05) is 0 Å². The zero-order chi connectivity index (χ0) is 19.3. The van der Waals surface area contributed by atoms with Gasteiger partial charge in [-0.15, -0.1) is 0 Å². The Labute approximate surface area is 166 Å². The zero-order valence-electron chi connectivity index (χ0n) is 15.0. The van der Waals surface area contributed by atoms with Crippen molar-refractivity contribution in [3.63, 3.8) is 0 Å². The van der Waals surface area contributed by atoms with Gasteiger partial charge in [-0.3, -0.25) is 4.79 Å². The van der Waals surface area contributed by atoms with Crippen LogP contribution in [-0.4, -0.2) is 50.9 Å². The Morgan fingerprint density at radius 3 is 2.68 bits per heavy atom. The van der Waals surface area contributed by atoms with E-state index in [4.69, 9.17) is 16.9 Å². The molecule has 0 atom stereocenters. The minimum Gasteiger partial charge on any atom is -0.352 e. The number of amides is 1. The van der Waals surface area contributed by atoms with Crippen LogP contribution in [0.3, 0.4) is 0 Å². The summed E-state index contributed by atoms with van der Waals surface area (Å²) < 4.78 is 0. The molecule has 1 N–H and O–H groups in total. The normalized spacial score (nSPS) is 17.7. The van der Waals surface area contributed by atoms with Gasteiger partial charge in [0.15, 0.2) is 0 Å². The molecule has 2 aliphatic rings. The number of piperazine rings is 1. The molecule has 140 valence electrons. The van der Waals surface area contributed by atoms with Gasteiger partial charge in [0.1, 0.15) is 11.5 Å². The number of anilines is 1. The Bertz CT molecular complexity index is 1110. The maximum atomic E-state index is 13.1. The molecule has 2 aromatic heterocycles. The number of nitrogens with one attached hydrogen (secondary N) is 1. The van der Waals surface area contributed by atoms with Gasteiger partial charge in [-0.25, -0.2) is 0 Å². The number of hydrogen-bond donors (Lipinski definition) is 1. The third-order valence-electron chi connectivity index (χ3n) is 5.65. The monoisotopic (exact) mass is 392 g/mol. The Hall–Kier alpha value is -3.11. The Balaban J connectivity index is 1.42. The Morgan fingerprint density at radius 2 is 1.96 bits per heavy atom. The highest BCUT2D eigenvalue weighted by Crippen LogP contribution is 2.46. The van der Waals surface area contributed by atoms with Crippen molar-refractivity contribution in [3.05, 3.63) is 52.9 Å². The molecular weight excluding hydrogens is 376 g/mol. The van der Waals surface area contributed by atoms with E-state index in [2.05, 4.69) is 25.9 Å². The number of nitriles is 1. The molecule has 1 amide bonds. The molecule has 5 rings (SSSR count). The summed E-state index contributed by atoms with van der Waals surface area (Å²) in [7, 11) is 0. The molecule has 1 saturated carbocycles. The summed E-state index contributed by atoms with van der Waals surface area (Å²) in [5, 5.41) is 10.1. The molecule has 1 aliphatic carbocycles. The molecule has 0 unspecified atom stereocenters. The number of aromatic nitrogens is 3. The number of carbonyl (C=O) groups excluding carboxylic acids is 1. The smallest absolute Gasteiger partial charge is 0.254 e. The van der Waals surface area contributed by atoms with Crippen LogP contribution in [0.15, 0.2) is 36.5 Å². The number of hydrogen-bond acceptors (Lipinski definition) is 5. The summed E-state index contributed by atoms with van der Waals surface area (Å²) in [6.45, 7) is 2.02. The molecule has 1 spiro atoms. The average molecular weight is 393 g/mol. The van der Waals surface area contributed by atoms with Gasteiger partial charge in [0.05, 0.1) is 22.6 Å². The van der Waals surface area contributed by atoms with Crippen molar-refractivity contribution < 1.29 is 4.79 Å². The van der Waals surface area contributed by atoms with Crippen molar-refractivity contribution in [2.75, 3.05) is 24.5 Å². The highest BCUT2D eigenvalue weighted by atomic mass is 35.5. The quantitative estimate of drug-likeness (QED) is 0.677. The van der Waals surface area contributed by atoms with E-state index in [9.17, 15) is 4.79 Å². The van der Waals surface area contributed by atoms with Gasteiger partial charge in [0, 0.05) is 31.4 Å². The lowest BCUT2D eigenvalue weighted by molar-refractivity contribution is 0.0624. The van der Waals surface area contributed by atoms with Crippen LogP contribution in [-0.2, 0) is 0 Å². The van der Waals surface area contributed by atoms with Gasteiger partial charge >= 0.3 is 0 Å². The van der Waals surface area contributed by atoms with E-state index in [1.807, 2.05) is 17.2 Å². The molecule has 1 aliphatic heterocycles. The van der Waals surface area contributed by atoms with Gasteiger partial charge in [-0.2, -0.15) is 15.2 Å². The van der Waals surface area contributed by atoms with Crippen LogP contribution in [0.1, 0.15) is 28.8 Å². The first-order chi connectivity index (χ1) is 13.6. The van der Waals surface area contributed by atoms with Gasteiger partial charge < -0.3 is 14.8 Å². The van der Waals surface area contributed by atoms with E-state index in [-0.39, 0.29) is 16.7 Å². The molecule has 1 saturated heterocycles. The second-order valence-corrected chi connectivity index (χ2v) is 7.69. The summed E-state index contributed by atoms with van der Waals surface area (Å²) in [6.07, 6.45) is 3.78. The van der Waals surface area contributed by atoms with Crippen molar-refractivity contribution in [3.8, 4) is 6.07 Å². The minimum atomic E-state index is -0.163. The van der Waals surface area contributed by atoms with Gasteiger partial charge in [-0.05, 0) is 54.8 Å². The number of carbonyl (C=O) groups is 1. The van der Waals surface area contributed by atoms with E-state index < -0.39 is 0 Å². The first-order valence-corrected chi connectivity index (χ1v) is 9.55. The van der Waals surface area contributed by atoms with E-state index >= 15 is 0 Å². The number of fused-ring (bicyclic) bond motifs is 1. The largest absolute Gasteiger partial charge is 0.352 e. The van der Waals surface area contributed by atoms with Crippen LogP contribution < -0.4 is 4.90 Å². The second-order valence-electron chi connectivity index (χ2n) is 7.35. The molecule has 8 heteroatoms. The molecule has 1 aromatic carbocycles. The van der Waals surface area contributed by atoms with Crippen molar-refractivity contribution >= 4 is 34.4 Å². The summed E-state index contributed by atoms with van der Waals surface area (Å²) >= 11 is 6.11. The summed E-state index contributed by atoms with van der Waals surface area (Å²) in [5.41, 5.74) is 1.73. The molecule has 28 heavy (non-hydrogen) atoms. The van der Waals surface area contributed by atoms with Crippen molar-refractivity contribution in [1.29, 1.82) is 5.26 Å². The number of aromatic amines is 1. The fraction of sp³-hybridized carbons (Fsp3) is 0.300. The first-order valence-electron chi connectivity index (χ1n) is 9.17. The highest BCUT2D eigenvalue weighted by Gasteiger charge is 2.53. The summed E-state index contributed by atoms with van der Waals surface area (Å²) in [5.74, 6) is 0.835. The van der Waals surface area contributed by atoms with Crippen LogP contribution in [0.2, 0.25) is 5.28 Å². The fourth-order valence-electron chi connectivity index (χ4n) is 4.03. The molecule has 3 aromatic rings. The lowest BCUT2D eigenvalue weighted by Crippen LogP contribution is -2.57. The summed E-state index contributed by atoms with van der Waals surface area (Å²) in [6, 6.07) is 10.9. The number of H-pyrrole nitrogens is 1. The van der Waals surface area contributed by atoms with E-state index in [1.54, 1.807) is 24.3 Å². The molecule has 0 bridgehead atoms. The number of benzene rings is 1. The maximum Gasteiger partial charge on any atom is 0.254 e. The molecule has 2 fully saturated rings. The molecule has 0 radical (unpaired) electrons. The summed E-state index contributed by atoms with van der Waals surface area (Å²) in [4.78, 5) is 29.1. The predicted molar refractivity (Wildman–Crippen MR) is 105 cm³/mol. The SMILES string of the molecule is N#Cc1ccc(C(=O)N2CCN(c3nc(Cl)nc4[nH]ccc34)CC23CC3)cc1. The number of nitrogens with zero attached hydrogens (tertiary/aromatic N) is 5. The topological polar surface area (TPSA) is 88.9 Å². The van der Waals surface area contributed by atoms with E-state index in [0.717, 1.165) is 36.2 Å². The van der Waals surface area contributed by atoms with Gasteiger partial charge in [0.2, 0.25) is 5.28 Å². The third kappa shape index (κ3) is 2.69. The minimum absolute atomic E-state index is 0.0224. The van der Waals surface area contributed by atoms with Crippen molar-refractivity contribution in [1.82, 2.24) is 19.9 Å². The second kappa shape index (κ2) is 6.21. The highest BCUT2D eigenvalue weighted by molar-refractivity contribution is 6.28. The van der Waals surface area contributed by atoms with Crippen LogP contribution in [0.5, 0.6) is 0 Å². The van der Waals surface area contributed by atoms with E-state index in [0.29, 0.717) is 24.2 Å². The molecule has 3 heterocycles. The zero-order valence-corrected chi connectivity index (χ0v) is 15.8. The molecule has 7 nitrogen and oxygen atoms in total. The average Bonchev–Trinajstić information content (AvgIpc) is 3.30. The Morgan fingerprint density at radius 1 is 1.18 bits per heavy atom. The number of rotatable bonds is 2. The fourth-order valence-corrected chi connectivity index (χ4v) is 4.19. The lowest BCUT2D eigenvalue weighted by Gasteiger charge is -2.43. The predicted octanol–water partition coefficient (Wildman–Crippen LogP) is 2.98. The number of halogens is 1. The maximum absolute atomic E-state index is 13.1. The third-order valence-corrected chi connectivity index (χ3v) is 5.82. The lowest BCUT2D eigenvalue weighted by atomic mass is 10.1. The van der Waals surface area contributed by atoms with Crippen LogP contribution in [0.25, 0.3) is 11.0 Å². The van der Waals surface area contributed by atoms with Crippen LogP contribution in [0.4, 0.5) is 5.82 Å². The van der Waals surface area contributed by atoms with Crippen LogP contribution >= 0.6 is 11.6 Å². The van der Waals surface area contributed by atoms with Crippen molar-refractivity contribution in [2.45, 2.75) is 18.4 Å². The standard InChI is InChI=1S/C20H17ClN6O/c21-19-24-16-15(5-8-23-16)17(25-19)26-9-10-27(20(12-26)6-7-20)18(28)14-3-1-13(11-22)2-4-14/h1-5,8H,6-7,9-10,12H2,(H,23,24,25). The van der Waals surface area contributed by atoms with Crippen LogP contribution in [0, 0.1) is 11.3 Å².